The van der Waals surface area contributed by atoms with E-state index in [0.717, 1.165) is 22.3 Å². The Morgan fingerprint density at radius 1 is 0.853 bits per heavy atom. The number of nitrogens with one attached hydrogen (secondary N) is 1. The Balaban J connectivity index is 1.31. The number of carbonyl (C=O) groups excluding carboxylic acids is 2. The Morgan fingerprint density at radius 2 is 1.56 bits per heavy atom. The zero-order valence-electron chi connectivity index (χ0n) is 19.0. The quantitative estimate of drug-likeness (QED) is 0.403. The molecule has 0 fully saturated rings. The predicted octanol–water partition coefficient (Wildman–Crippen LogP) is 6.23. The van der Waals surface area contributed by atoms with E-state index in [0.29, 0.717) is 28.4 Å². The number of anilines is 2. The van der Waals surface area contributed by atoms with Crippen LogP contribution in [0.1, 0.15) is 21.5 Å². The molecule has 1 N–H and O–H groups in total. The molecule has 2 amide bonds. The minimum Gasteiger partial charge on any atom is -0.454 e. The first-order valence-corrected chi connectivity index (χ1v) is 11.1. The van der Waals surface area contributed by atoms with Crippen LogP contribution < -0.4 is 15.0 Å². The molecule has 1 aliphatic heterocycles. The van der Waals surface area contributed by atoms with Crippen molar-refractivity contribution in [2.75, 3.05) is 17.3 Å². The number of fused-ring (bicyclic) bond motifs is 2. The van der Waals surface area contributed by atoms with Crippen LogP contribution >= 0.6 is 0 Å². The molecule has 4 aromatic carbocycles. The molecule has 5 rings (SSSR count). The van der Waals surface area contributed by atoms with Gasteiger partial charge in [0.25, 0.3) is 5.91 Å². The molecule has 34 heavy (non-hydrogen) atoms. The van der Waals surface area contributed by atoms with E-state index < -0.39 is 0 Å². The minimum atomic E-state index is -0.188. The highest BCUT2D eigenvalue weighted by molar-refractivity contribution is 6.10. The van der Waals surface area contributed by atoms with Crippen LogP contribution in [-0.4, -0.2) is 18.9 Å². The minimum absolute atomic E-state index is 0.151. The van der Waals surface area contributed by atoms with E-state index in [-0.39, 0.29) is 18.2 Å². The fraction of sp³-hybridized carbons (Fsp3) is 0.103. The molecule has 0 unspecified atom stereocenters. The van der Waals surface area contributed by atoms with Crippen molar-refractivity contribution in [1.82, 2.24) is 0 Å². The van der Waals surface area contributed by atoms with Gasteiger partial charge in [-0.15, -0.1) is 0 Å². The summed E-state index contributed by atoms with van der Waals surface area (Å²) in [5, 5.41) is 2.91. The second-order valence-corrected chi connectivity index (χ2v) is 8.44. The first-order valence-electron chi connectivity index (χ1n) is 11.1. The largest absolute Gasteiger partial charge is 0.454 e. The summed E-state index contributed by atoms with van der Waals surface area (Å²) >= 11 is 0. The molecule has 0 atom stereocenters. The molecular weight excluding hydrogens is 424 g/mol. The third-order valence-corrected chi connectivity index (χ3v) is 5.92. The lowest BCUT2D eigenvalue weighted by atomic mass is 10.0. The van der Waals surface area contributed by atoms with E-state index in [1.54, 1.807) is 30.1 Å². The Bertz CT molecular complexity index is 1380. The summed E-state index contributed by atoms with van der Waals surface area (Å²) in [7, 11) is 1.73. The fourth-order valence-electron chi connectivity index (χ4n) is 4.08. The van der Waals surface area contributed by atoms with Crippen LogP contribution in [0.4, 0.5) is 11.4 Å². The zero-order valence-corrected chi connectivity index (χ0v) is 19.0. The highest BCUT2D eigenvalue weighted by Gasteiger charge is 2.26. The topological polar surface area (TPSA) is 58.6 Å². The molecule has 5 nitrogen and oxygen atoms in total. The van der Waals surface area contributed by atoms with Crippen molar-refractivity contribution in [3.05, 3.63) is 108 Å². The smallest absolute Gasteiger partial charge is 0.261 e. The Hall–Kier alpha value is -4.38. The molecule has 0 saturated heterocycles. The predicted molar refractivity (Wildman–Crippen MR) is 135 cm³/mol. The number of aryl methyl sites for hydroxylation is 1. The van der Waals surface area contributed by atoms with Gasteiger partial charge in [0.05, 0.1) is 17.7 Å². The van der Waals surface area contributed by atoms with Crippen molar-refractivity contribution in [2.45, 2.75) is 13.3 Å². The maximum atomic E-state index is 13.1. The molecule has 0 saturated carbocycles. The van der Waals surface area contributed by atoms with E-state index in [1.807, 2.05) is 67.6 Å². The van der Waals surface area contributed by atoms with Gasteiger partial charge in [-0.1, -0.05) is 60.7 Å². The SMILES string of the molecule is Cc1ccc2c(c1)N(C)C(=O)c1cc(NC(=O)Cc3ccc(-c4ccccc4)cc3)ccc1O2. The third-order valence-electron chi connectivity index (χ3n) is 5.92. The van der Waals surface area contributed by atoms with Crippen molar-refractivity contribution in [3.8, 4) is 22.6 Å². The Kier molecular flexibility index (Phi) is 5.60. The maximum Gasteiger partial charge on any atom is 0.261 e. The average molecular weight is 449 g/mol. The summed E-state index contributed by atoms with van der Waals surface area (Å²) in [5.41, 5.74) is 5.87. The summed E-state index contributed by atoms with van der Waals surface area (Å²) in [6.45, 7) is 1.97. The molecule has 0 spiro atoms. The van der Waals surface area contributed by atoms with Gasteiger partial charge in [-0.05, 0) is 59.5 Å². The van der Waals surface area contributed by atoms with Crippen molar-refractivity contribution in [3.63, 3.8) is 0 Å². The summed E-state index contributed by atoms with van der Waals surface area (Å²) in [6.07, 6.45) is 0.237. The monoisotopic (exact) mass is 448 g/mol. The van der Waals surface area contributed by atoms with Gasteiger partial charge in [-0.25, -0.2) is 0 Å². The number of carbonyl (C=O) groups is 2. The van der Waals surface area contributed by atoms with Gasteiger partial charge >= 0.3 is 0 Å². The van der Waals surface area contributed by atoms with Crippen LogP contribution in [0.3, 0.4) is 0 Å². The second-order valence-electron chi connectivity index (χ2n) is 8.44. The molecular formula is C29H24N2O3. The number of ether oxygens (including phenoxy) is 1. The number of benzene rings is 4. The van der Waals surface area contributed by atoms with Crippen LogP contribution in [0.5, 0.6) is 11.5 Å². The van der Waals surface area contributed by atoms with Gasteiger partial charge < -0.3 is 15.0 Å². The number of rotatable bonds is 4. The zero-order chi connectivity index (χ0) is 23.7. The molecule has 4 aromatic rings. The lowest BCUT2D eigenvalue weighted by molar-refractivity contribution is -0.115. The molecule has 1 aliphatic rings. The van der Waals surface area contributed by atoms with Gasteiger partial charge in [-0.3, -0.25) is 9.59 Å². The Labute approximate surface area is 198 Å². The molecule has 1 heterocycles. The fourth-order valence-corrected chi connectivity index (χ4v) is 4.08. The maximum absolute atomic E-state index is 13.1. The van der Waals surface area contributed by atoms with Gasteiger partial charge in [0.1, 0.15) is 5.75 Å². The van der Waals surface area contributed by atoms with E-state index in [4.69, 9.17) is 4.74 Å². The van der Waals surface area contributed by atoms with E-state index in [1.165, 1.54) is 0 Å². The summed E-state index contributed by atoms with van der Waals surface area (Å²) in [4.78, 5) is 27.4. The first-order chi connectivity index (χ1) is 16.5. The highest BCUT2D eigenvalue weighted by Crippen LogP contribution is 2.39. The lowest BCUT2D eigenvalue weighted by Gasteiger charge is -2.16. The van der Waals surface area contributed by atoms with Gasteiger partial charge in [0.15, 0.2) is 5.75 Å². The van der Waals surface area contributed by atoms with E-state index in [9.17, 15) is 9.59 Å². The molecule has 0 radical (unpaired) electrons. The van der Waals surface area contributed by atoms with Crippen LogP contribution in [0.15, 0.2) is 91.0 Å². The normalized spacial score (nSPS) is 12.3. The van der Waals surface area contributed by atoms with Crippen molar-refractivity contribution < 1.29 is 14.3 Å². The summed E-state index contributed by atoms with van der Waals surface area (Å²) < 4.78 is 6.03. The van der Waals surface area contributed by atoms with Crippen LogP contribution in [0, 0.1) is 6.92 Å². The molecule has 0 bridgehead atoms. The molecule has 5 heteroatoms. The highest BCUT2D eigenvalue weighted by atomic mass is 16.5. The van der Waals surface area contributed by atoms with Crippen molar-refractivity contribution in [1.29, 1.82) is 0 Å². The Morgan fingerprint density at radius 3 is 2.32 bits per heavy atom. The van der Waals surface area contributed by atoms with E-state index >= 15 is 0 Å². The van der Waals surface area contributed by atoms with Crippen molar-refractivity contribution >= 4 is 23.2 Å². The van der Waals surface area contributed by atoms with Crippen molar-refractivity contribution in [2.24, 2.45) is 0 Å². The number of hydrogen-bond donors (Lipinski definition) is 1. The third kappa shape index (κ3) is 4.28. The van der Waals surface area contributed by atoms with Gasteiger partial charge in [-0.2, -0.15) is 0 Å². The molecule has 0 aliphatic carbocycles. The lowest BCUT2D eigenvalue weighted by Crippen LogP contribution is -2.25. The van der Waals surface area contributed by atoms with Crippen LogP contribution in [-0.2, 0) is 11.2 Å². The van der Waals surface area contributed by atoms with E-state index in [2.05, 4.69) is 17.4 Å². The number of nitrogens with zero attached hydrogens (tertiary/aromatic N) is 1. The van der Waals surface area contributed by atoms with Gasteiger partial charge in [0.2, 0.25) is 5.91 Å². The first kappa shape index (κ1) is 21.5. The summed E-state index contributed by atoms with van der Waals surface area (Å²) in [6, 6.07) is 29.0. The molecule has 168 valence electrons. The van der Waals surface area contributed by atoms with Crippen LogP contribution in [0.25, 0.3) is 11.1 Å². The number of hydrogen-bond acceptors (Lipinski definition) is 3. The standard InChI is InChI=1S/C29H24N2O3/c1-19-8-14-27-25(16-19)31(2)29(33)24-18-23(13-15-26(24)34-27)30-28(32)17-20-9-11-22(12-10-20)21-6-4-3-5-7-21/h3-16,18H,17H2,1-2H3,(H,30,32). The van der Waals surface area contributed by atoms with Gasteiger partial charge in [0, 0.05) is 12.7 Å². The van der Waals surface area contributed by atoms with Crippen LogP contribution in [0.2, 0.25) is 0 Å². The summed E-state index contributed by atoms with van der Waals surface area (Å²) in [5.74, 6) is 0.749. The average Bonchev–Trinajstić information content (AvgIpc) is 2.95. The number of amides is 2. The molecule has 0 aromatic heterocycles. The second kappa shape index (κ2) is 8.87.